The summed E-state index contributed by atoms with van der Waals surface area (Å²) in [5.41, 5.74) is 4.48. The minimum absolute atomic E-state index is 0.235. The Kier molecular flexibility index (Phi) is 7.75. The summed E-state index contributed by atoms with van der Waals surface area (Å²) in [4.78, 5) is 38.9. The van der Waals surface area contributed by atoms with Crippen LogP contribution in [-0.2, 0) is 16.2 Å². The van der Waals surface area contributed by atoms with Gasteiger partial charge in [0.2, 0.25) is 5.91 Å². The van der Waals surface area contributed by atoms with E-state index < -0.39 is 17.1 Å². The first-order valence-electron chi connectivity index (χ1n) is 11.3. The summed E-state index contributed by atoms with van der Waals surface area (Å²) in [7, 11) is 1.54. The fourth-order valence-corrected chi connectivity index (χ4v) is 4.43. The third-order valence-electron chi connectivity index (χ3n) is 5.48. The van der Waals surface area contributed by atoms with Crippen LogP contribution in [0.1, 0.15) is 22.3 Å². The third-order valence-corrected chi connectivity index (χ3v) is 6.38. The molecule has 8 heteroatoms. The van der Waals surface area contributed by atoms with Gasteiger partial charge in [-0.25, -0.2) is 0 Å². The Morgan fingerprint density at radius 3 is 2.47 bits per heavy atom. The summed E-state index contributed by atoms with van der Waals surface area (Å²) < 4.78 is 11.4. The van der Waals surface area contributed by atoms with E-state index in [1.165, 1.54) is 5.56 Å². The predicted octanol–water partition coefficient (Wildman–Crippen LogP) is 5.57. The number of amides is 3. The summed E-state index contributed by atoms with van der Waals surface area (Å²) in [6.07, 6.45) is 1.61. The Morgan fingerprint density at radius 2 is 1.75 bits per heavy atom. The minimum Gasteiger partial charge on any atom is -0.493 e. The van der Waals surface area contributed by atoms with Gasteiger partial charge in [-0.1, -0.05) is 48.0 Å². The van der Waals surface area contributed by atoms with Crippen LogP contribution in [0.15, 0.2) is 71.6 Å². The molecule has 0 spiro atoms. The lowest BCUT2D eigenvalue weighted by atomic mass is 10.1. The Labute approximate surface area is 214 Å². The molecule has 184 valence electrons. The Morgan fingerprint density at radius 1 is 0.972 bits per heavy atom. The molecule has 0 unspecified atom stereocenters. The van der Waals surface area contributed by atoms with E-state index in [1.807, 2.05) is 56.3 Å². The van der Waals surface area contributed by atoms with Crippen LogP contribution in [0.3, 0.4) is 0 Å². The van der Waals surface area contributed by atoms with Crippen LogP contribution in [0.25, 0.3) is 6.08 Å². The molecule has 0 bridgehead atoms. The van der Waals surface area contributed by atoms with Gasteiger partial charge in [-0.15, -0.1) is 0 Å². The van der Waals surface area contributed by atoms with E-state index in [4.69, 9.17) is 9.47 Å². The van der Waals surface area contributed by atoms with E-state index in [1.54, 1.807) is 37.5 Å². The lowest BCUT2D eigenvalue weighted by Crippen LogP contribution is -2.36. The molecule has 36 heavy (non-hydrogen) atoms. The highest BCUT2D eigenvalue weighted by Crippen LogP contribution is 2.34. The second-order valence-electron chi connectivity index (χ2n) is 8.37. The molecule has 1 saturated heterocycles. The van der Waals surface area contributed by atoms with Crippen molar-refractivity contribution in [1.82, 2.24) is 4.90 Å². The maximum absolute atomic E-state index is 12.8. The molecule has 1 N–H and O–H groups in total. The number of rotatable bonds is 8. The number of benzene rings is 3. The number of nitrogens with zero attached hydrogens (tertiary/aromatic N) is 1. The summed E-state index contributed by atoms with van der Waals surface area (Å²) in [6.45, 7) is 3.97. The van der Waals surface area contributed by atoms with Gasteiger partial charge in [-0.2, -0.15) is 0 Å². The zero-order valence-electron chi connectivity index (χ0n) is 20.2. The highest BCUT2D eigenvalue weighted by molar-refractivity contribution is 8.18. The maximum Gasteiger partial charge on any atom is 0.294 e. The Balaban J connectivity index is 1.42. The molecule has 3 amide bonds. The average Bonchev–Trinajstić information content (AvgIpc) is 3.11. The molecular weight excluding hydrogens is 476 g/mol. The van der Waals surface area contributed by atoms with E-state index in [0.717, 1.165) is 27.8 Å². The van der Waals surface area contributed by atoms with Crippen LogP contribution in [0, 0.1) is 13.8 Å². The van der Waals surface area contributed by atoms with Crippen molar-refractivity contribution in [3.63, 3.8) is 0 Å². The maximum atomic E-state index is 12.8. The number of carbonyl (C=O) groups is 3. The fraction of sp³-hybridized carbons (Fsp3) is 0.179. The van der Waals surface area contributed by atoms with Gasteiger partial charge in [0.25, 0.3) is 11.1 Å². The first-order valence-corrected chi connectivity index (χ1v) is 12.1. The normalized spacial score (nSPS) is 14.3. The molecule has 1 fully saturated rings. The van der Waals surface area contributed by atoms with Crippen molar-refractivity contribution in [2.24, 2.45) is 0 Å². The molecule has 1 aliphatic rings. The predicted molar refractivity (Wildman–Crippen MR) is 141 cm³/mol. The number of hydrogen-bond donors (Lipinski definition) is 1. The third kappa shape index (κ3) is 6.14. The van der Waals surface area contributed by atoms with Crippen LogP contribution >= 0.6 is 11.8 Å². The van der Waals surface area contributed by atoms with Gasteiger partial charge in [0.05, 0.1) is 12.0 Å². The number of ether oxygens (including phenoxy) is 2. The van der Waals surface area contributed by atoms with Crippen LogP contribution in [0.4, 0.5) is 10.5 Å². The van der Waals surface area contributed by atoms with Crippen molar-refractivity contribution in [1.29, 1.82) is 0 Å². The van der Waals surface area contributed by atoms with Gasteiger partial charge in [0.1, 0.15) is 13.2 Å². The van der Waals surface area contributed by atoms with E-state index >= 15 is 0 Å². The smallest absolute Gasteiger partial charge is 0.294 e. The highest BCUT2D eigenvalue weighted by Gasteiger charge is 2.36. The zero-order chi connectivity index (χ0) is 25.7. The number of thioether (sulfide) groups is 1. The second kappa shape index (κ2) is 11.1. The number of anilines is 1. The lowest BCUT2D eigenvalue weighted by molar-refractivity contribution is -0.127. The molecule has 0 atom stereocenters. The van der Waals surface area contributed by atoms with Crippen molar-refractivity contribution >= 4 is 40.6 Å². The molecule has 0 saturated carbocycles. The first kappa shape index (κ1) is 25.1. The lowest BCUT2D eigenvalue weighted by Gasteiger charge is -2.13. The van der Waals surface area contributed by atoms with Gasteiger partial charge < -0.3 is 14.8 Å². The van der Waals surface area contributed by atoms with Gasteiger partial charge in [-0.05, 0) is 72.6 Å². The second-order valence-corrected chi connectivity index (χ2v) is 9.36. The molecule has 0 radical (unpaired) electrons. The van der Waals surface area contributed by atoms with Gasteiger partial charge in [-0.3, -0.25) is 19.3 Å². The van der Waals surface area contributed by atoms with Gasteiger partial charge >= 0.3 is 0 Å². The standard InChI is InChI=1S/C28H26N2O5S/c1-18-7-9-20(10-8-18)17-35-23-12-11-21(14-24(23)34-3)15-25-27(32)30(28(33)36-25)16-26(31)29-22-6-4-5-19(2)13-22/h4-15H,16-17H2,1-3H3,(H,29,31)/b25-15-. The van der Waals surface area contributed by atoms with E-state index in [9.17, 15) is 14.4 Å². The molecule has 4 rings (SSSR count). The number of carbonyl (C=O) groups excluding carboxylic acids is 3. The number of imide groups is 1. The van der Waals surface area contributed by atoms with Crippen molar-refractivity contribution in [3.05, 3.63) is 93.9 Å². The summed E-state index contributed by atoms with van der Waals surface area (Å²) in [6, 6.07) is 20.6. The van der Waals surface area contributed by atoms with Crippen molar-refractivity contribution in [2.75, 3.05) is 19.0 Å². The SMILES string of the molecule is COc1cc(/C=C2\SC(=O)N(CC(=O)Nc3cccc(C)c3)C2=O)ccc1OCc1ccc(C)cc1. The fourth-order valence-electron chi connectivity index (χ4n) is 3.59. The monoisotopic (exact) mass is 502 g/mol. The Bertz CT molecular complexity index is 1330. The van der Waals surface area contributed by atoms with Crippen molar-refractivity contribution in [2.45, 2.75) is 20.5 Å². The average molecular weight is 503 g/mol. The van der Waals surface area contributed by atoms with Gasteiger partial charge in [0.15, 0.2) is 11.5 Å². The molecule has 1 aliphatic heterocycles. The molecular formula is C28H26N2O5S. The minimum atomic E-state index is -0.511. The topological polar surface area (TPSA) is 84.9 Å². The van der Waals surface area contributed by atoms with Crippen LogP contribution in [0.5, 0.6) is 11.5 Å². The molecule has 1 heterocycles. The molecule has 3 aromatic rings. The molecule has 3 aromatic carbocycles. The Hall–Kier alpha value is -4.04. The number of aryl methyl sites for hydroxylation is 2. The number of nitrogens with one attached hydrogen (secondary N) is 1. The van der Waals surface area contributed by atoms with Gasteiger partial charge in [0, 0.05) is 5.69 Å². The summed E-state index contributed by atoms with van der Waals surface area (Å²) in [5.74, 6) is 0.118. The van der Waals surface area contributed by atoms with Crippen LogP contribution in [0.2, 0.25) is 0 Å². The first-order chi connectivity index (χ1) is 17.3. The van der Waals surface area contributed by atoms with Crippen molar-refractivity contribution in [3.8, 4) is 11.5 Å². The molecule has 0 aliphatic carbocycles. The summed E-state index contributed by atoms with van der Waals surface area (Å²) in [5, 5.41) is 2.23. The van der Waals surface area contributed by atoms with Crippen LogP contribution < -0.4 is 14.8 Å². The summed E-state index contributed by atoms with van der Waals surface area (Å²) >= 11 is 0.800. The molecule has 0 aromatic heterocycles. The number of hydrogen-bond acceptors (Lipinski definition) is 6. The zero-order valence-corrected chi connectivity index (χ0v) is 21.1. The van der Waals surface area contributed by atoms with E-state index in [2.05, 4.69) is 5.32 Å². The van der Waals surface area contributed by atoms with Crippen LogP contribution in [-0.4, -0.2) is 35.6 Å². The van der Waals surface area contributed by atoms with E-state index in [-0.39, 0.29) is 11.4 Å². The van der Waals surface area contributed by atoms with Crippen molar-refractivity contribution < 1.29 is 23.9 Å². The highest BCUT2D eigenvalue weighted by atomic mass is 32.2. The quantitative estimate of drug-likeness (QED) is 0.406. The number of methoxy groups -OCH3 is 1. The largest absolute Gasteiger partial charge is 0.493 e. The van der Waals surface area contributed by atoms with E-state index in [0.29, 0.717) is 29.4 Å². The molecule has 7 nitrogen and oxygen atoms in total.